The lowest BCUT2D eigenvalue weighted by Crippen LogP contribution is -2.22. The van der Waals surface area contributed by atoms with E-state index >= 15 is 0 Å². The van der Waals surface area contributed by atoms with Crippen LogP contribution in [0.1, 0.15) is 26.6 Å². The molecule has 6 heteroatoms. The number of aromatic nitrogens is 1. The van der Waals surface area contributed by atoms with Crippen LogP contribution in [0.25, 0.3) is 0 Å². The highest BCUT2D eigenvalue weighted by Gasteiger charge is 2.13. The van der Waals surface area contributed by atoms with E-state index in [1.54, 1.807) is 36.4 Å². The summed E-state index contributed by atoms with van der Waals surface area (Å²) in [7, 11) is 0. The second kappa shape index (κ2) is 7.23. The molecule has 2 N–H and O–H groups in total. The van der Waals surface area contributed by atoms with Gasteiger partial charge in [-0.3, -0.25) is 9.59 Å². The van der Waals surface area contributed by atoms with E-state index in [2.05, 4.69) is 15.8 Å². The average Bonchev–Trinajstić information content (AvgIpc) is 3.10. The lowest BCUT2D eigenvalue weighted by atomic mass is 10.2. The number of para-hydroxylation sites is 1. The standard InChI is InChI=1S/C18H15N3O3/c22-17(13-7-3-1-4-8-13)19-12-15-11-16(21-24-15)18(23)20-14-9-5-2-6-10-14/h1-11H,12H2,(H,19,22)(H,20,23). The lowest BCUT2D eigenvalue weighted by molar-refractivity contribution is 0.0945. The molecule has 120 valence electrons. The number of rotatable bonds is 5. The largest absolute Gasteiger partial charge is 0.359 e. The van der Waals surface area contributed by atoms with Gasteiger partial charge in [0.15, 0.2) is 11.5 Å². The fourth-order valence-corrected chi connectivity index (χ4v) is 2.08. The van der Waals surface area contributed by atoms with E-state index in [-0.39, 0.29) is 24.1 Å². The van der Waals surface area contributed by atoms with Gasteiger partial charge in [0, 0.05) is 17.3 Å². The molecular weight excluding hydrogens is 306 g/mol. The second-order valence-electron chi connectivity index (χ2n) is 5.05. The Morgan fingerprint density at radius 1 is 0.917 bits per heavy atom. The summed E-state index contributed by atoms with van der Waals surface area (Å²) in [6.07, 6.45) is 0. The van der Waals surface area contributed by atoms with Gasteiger partial charge in [-0.1, -0.05) is 41.6 Å². The number of nitrogens with one attached hydrogen (secondary N) is 2. The predicted octanol–water partition coefficient (Wildman–Crippen LogP) is 2.86. The van der Waals surface area contributed by atoms with E-state index in [9.17, 15) is 9.59 Å². The van der Waals surface area contributed by atoms with Gasteiger partial charge in [-0.2, -0.15) is 0 Å². The van der Waals surface area contributed by atoms with Gasteiger partial charge in [-0.05, 0) is 24.3 Å². The first-order valence-electron chi connectivity index (χ1n) is 7.37. The van der Waals surface area contributed by atoms with Crippen LogP contribution in [0.15, 0.2) is 71.3 Å². The van der Waals surface area contributed by atoms with Crippen LogP contribution in [-0.2, 0) is 6.54 Å². The summed E-state index contributed by atoms with van der Waals surface area (Å²) < 4.78 is 5.08. The maximum atomic E-state index is 12.1. The van der Waals surface area contributed by atoms with Crippen LogP contribution in [0.5, 0.6) is 0 Å². The number of amides is 2. The summed E-state index contributed by atoms with van der Waals surface area (Å²) in [6.45, 7) is 0.152. The molecule has 2 aromatic carbocycles. The number of hydrogen-bond donors (Lipinski definition) is 2. The number of anilines is 1. The summed E-state index contributed by atoms with van der Waals surface area (Å²) in [6, 6.07) is 19.4. The monoisotopic (exact) mass is 321 g/mol. The molecule has 0 spiro atoms. The van der Waals surface area contributed by atoms with Crippen molar-refractivity contribution in [3.8, 4) is 0 Å². The van der Waals surface area contributed by atoms with Crippen LogP contribution in [0.2, 0.25) is 0 Å². The molecule has 0 aliphatic heterocycles. The number of carbonyl (C=O) groups excluding carboxylic acids is 2. The Morgan fingerprint density at radius 2 is 1.58 bits per heavy atom. The summed E-state index contributed by atoms with van der Waals surface area (Å²) in [5.74, 6) is -0.189. The third-order valence-corrected chi connectivity index (χ3v) is 3.28. The summed E-state index contributed by atoms with van der Waals surface area (Å²) in [4.78, 5) is 24.0. The Labute approximate surface area is 138 Å². The zero-order valence-corrected chi connectivity index (χ0v) is 12.7. The van der Waals surface area contributed by atoms with E-state index in [4.69, 9.17) is 4.52 Å². The third kappa shape index (κ3) is 3.86. The lowest BCUT2D eigenvalue weighted by Gasteiger charge is -2.02. The fourth-order valence-electron chi connectivity index (χ4n) is 2.08. The van der Waals surface area contributed by atoms with E-state index in [0.29, 0.717) is 17.0 Å². The highest BCUT2D eigenvalue weighted by Crippen LogP contribution is 2.09. The number of benzene rings is 2. The van der Waals surface area contributed by atoms with E-state index in [0.717, 1.165) is 0 Å². The van der Waals surface area contributed by atoms with Crippen molar-refractivity contribution in [2.24, 2.45) is 0 Å². The predicted molar refractivity (Wildman–Crippen MR) is 88.5 cm³/mol. The molecule has 1 aromatic heterocycles. The molecular formula is C18H15N3O3. The first kappa shape index (κ1) is 15.5. The third-order valence-electron chi connectivity index (χ3n) is 3.28. The average molecular weight is 321 g/mol. The Kier molecular flexibility index (Phi) is 4.67. The molecule has 0 aliphatic rings. The van der Waals surface area contributed by atoms with Crippen molar-refractivity contribution in [3.05, 3.63) is 83.7 Å². The topological polar surface area (TPSA) is 84.2 Å². The smallest absolute Gasteiger partial charge is 0.277 e. The molecule has 0 aliphatic carbocycles. The summed E-state index contributed by atoms with van der Waals surface area (Å²) in [5, 5.41) is 9.15. The van der Waals surface area contributed by atoms with Crippen LogP contribution in [0.3, 0.4) is 0 Å². The minimum Gasteiger partial charge on any atom is -0.359 e. The zero-order valence-electron chi connectivity index (χ0n) is 12.7. The van der Waals surface area contributed by atoms with Gasteiger partial charge in [0.05, 0.1) is 6.54 Å². The summed E-state index contributed by atoms with van der Waals surface area (Å²) >= 11 is 0. The molecule has 2 amide bonds. The van der Waals surface area contributed by atoms with Gasteiger partial charge < -0.3 is 15.2 Å². The maximum Gasteiger partial charge on any atom is 0.277 e. The van der Waals surface area contributed by atoms with Gasteiger partial charge in [0.25, 0.3) is 11.8 Å². The Morgan fingerprint density at radius 3 is 2.29 bits per heavy atom. The highest BCUT2D eigenvalue weighted by molar-refractivity contribution is 6.02. The molecule has 0 bridgehead atoms. The highest BCUT2D eigenvalue weighted by atomic mass is 16.5. The molecule has 6 nitrogen and oxygen atoms in total. The van der Waals surface area contributed by atoms with Crippen LogP contribution in [0.4, 0.5) is 5.69 Å². The zero-order chi connectivity index (χ0) is 16.8. The number of carbonyl (C=O) groups is 2. The number of hydrogen-bond acceptors (Lipinski definition) is 4. The molecule has 1 heterocycles. The first-order chi connectivity index (χ1) is 11.7. The second-order valence-corrected chi connectivity index (χ2v) is 5.05. The molecule has 0 radical (unpaired) electrons. The minimum absolute atomic E-state index is 0.152. The Hall–Kier alpha value is -3.41. The van der Waals surface area contributed by atoms with Crippen LogP contribution < -0.4 is 10.6 Å². The van der Waals surface area contributed by atoms with Crippen LogP contribution >= 0.6 is 0 Å². The molecule has 24 heavy (non-hydrogen) atoms. The number of nitrogens with zero attached hydrogens (tertiary/aromatic N) is 1. The van der Waals surface area contributed by atoms with Crippen molar-refractivity contribution in [3.63, 3.8) is 0 Å². The SMILES string of the molecule is O=C(NCc1cc(C(=O)Nc2ccccc2)no1)c1ccccc1. The van der Waals surface area contributed by atoms with Crippen molar-refractivity contribution < 1.29 is 14.1 Å². The normalized spacial score (nSPS) is 10.2. The maximum absolute atomic E-state index is 12.1. The van der Waals surface area contributed by atoms with Crippen LogP contribution in [-0.4, -0.2) is 17.0 Å². The molecule has 3 rings (SSSR count). The molecule has 3 aromatic rings. The van der Waals surface area contributed by atoms with Gasteiger partial charge >= 0.3 is 0 Å². The molecule has 0 fully saturated rings. The Balaban J connectivity index is 1.57. The van der Waals surface area contributed by atoms with Crippen molar-refractivity contribution in [1.29, 1.82) is 0 Å². The van der Waals surface area contributed by atoms with Crippen LogP contribution in [0, 0.1) is 0 Å². The van der Waals surface area contributed by atoms with E-state index < -0.39 is 0 Å². The quantitative estimate of drug-likeness (QED) is 0.757. The van der Waals surface area contributed by atoms with Crippen molar-refractivity contribution in [1.82, 2.24) is 10.5 Å². The fraction of sp³-hybridized carbons (Fsp3) is 0.0556. The van der Waals surface area contributed by atoms with Gasteiger partial charge in [-0.15, -0.1) is 0 Å². The summed E-state index contributed by atoms with van der Waals surface area (Å²) in [5.41, 5.74) is 1.38. The molecule has 0 unspecified atom stereocenters. The van der Waals surface area contributed by atoms with E-state index in [1.807, 2.05) is 24.3 Å². The van der Waals surface area contributed by atoms with Crippen molar-refractivity contribution >= 4 is 17.5 Å². The minimum atomic E-state index is -0.370. The molecule has 0 saturated carbocycles. The molecule has 0 atom stereocenters. The Bertz CT molecular complexity index is 829. The first-order valence-corrected chi connectivity index (χ1v) is 7.37. The van der Waals surface area contributed by atoms with E-state index in [1.165, 1.54) is 6.07 Å². The van der Waals surface area contributed by atoms with Gasteiger partial charge in [0.1, 0.15) is 0 Å². The van der Waals surface area contributed by atoms with Gasteiger partial charge in [0.2, 0.25) is 0 Å². The van der Waals surface area contributed by atoms with Crippen molar-refractivity contribution in [2.45, 2.75) is 6.54 Å². The molecule has 0 saturated heterocycles. The van der Waals surface area contributed by atoms with Crippen molar-refractivity contribution in [2.75, 3.05) is 5.32 Å². The van der Waals surface area contributed by atoms with Gasteiger partial charge in [-0.25, -0.2) is 0 Å².